The summed E-state index contributed by atoms with van der Waals surface area (Å²) in [4.78, 5) is 30.5. The summed E-state index contributed by atoms with van der Waals surface area (Å²) < 4.78 is 57.6. The fourth-order valence-electron chi connectivity index (χ4n) is 4.51. The number of halogens is 3. The molecule has 0 amide bonds. The third-order valence-electron chi connectivity index (χ3n) is 6.87. The molecule has 9 nitrogen and oxygen atoms in total. The highest BCUT2D eigenvalue weighted by molar-refractivity contribution is 7.91. The third-order valence-corrected chi connectivity index (χ3v) is 8.81. The molecule has 0 radical (unpaired) electrons. The van der Waals surface area contributed by atoms with Crippen LogP contribution in [0.15, 0.2) is 47.7 Å². The molecule has 0 aromatic carbocycles. The minimum absolute atomic E-state index is 0.0335. The van der Waals surface area contributed by atoms with E-state index in [4.69, 9.17) is 16.3 Å². The Morgan fingerprint density at radius 2 is 1.82 bits per heavy atom. The maximum Gasteiger partial charge on any atom is 0.277 e. The maximum atomic E-state index is 14.0. The van der Waals surface area contributed by atoms with Gasteiger partial charge in [-0.1, -0.05) is 11.6 Å². The molecule has 0 spiro atoms. The van der Waals surface area contributed by atoms with Crippen molar-refractivity contribution in [2.75, 3.05) is 6.26 Å². The van der Waals surface area contributed by atoms with E-state index in [2.05, 4.69) is 19.9 Å². The fourth-order valence-corrected chi connectivity index (χ4v) is 5.87. The molecule has 0 saturated heterocycles. The molecule has 4 heterocycles. The smallest absolute Gasteiger partial charge is 0.277 e. The molecule has 0 unspecified atom stereocenters. The molecule has 40 heavy (non-hydrogen) atoms. The minimum atomic E-state index is -3.10. The van der Waals surface area contributed by atoms with E-state index in [9.17, 15) is 22.0 Å². The molecule has 0 N–H and O–H groups in total. The van der Waals surface area contributed by atoms with Gasteiger partial charge in [-0.3, -0.25) is 19.3 Å². The van der Waals surface area contributed by atoms with E-state index in [1.165, 1.54) is 10.8 Å². The van der Waals surface area contributed by atoms with Crippen LogP contribution in [0.4, 0.5) is 8.78 Å². The largest absolute Gasteiger partial charge is 0.485 e. The summed E-state index contributed by atoms with van der Waals surface area (Å²) in [7, 11) is -3.10. The van der Waals surface area contributed by atoms with Crippen LogP contribution in [0.2, 0.25) is 5.02 Å². The molecule has 208 valence electrons. The maximum absolute atomic E-state index is 14.0. The summed E-state index contributed by atoms with van der Waals surface area (Å²) in [6.07, 6.45) is 6.27. The normalized spacial score (nSPS) is 16.9. The van der Waals surface area contributed by atoms with E-state index in [1.54, 1.807) is 44.4 Å². The quantitative estimate of drug-likeness (QED) is 0.310. The molecule has 1 fully saturated rings. The first-order valence-electron chi connectivity index (χ1n) is 12.3. The molecule has 1 aliphatic rings. The van der Waals surface area contributed by atoms with Crippen molar-refractivity contribution in [3.63, 3.8) is 0 Å². The molecule has 0 bridgehead atoms. The standard InChI is InChI=1S/C27H24ClF2N5O4S/c1-14-11-32-21(20-4-5-31-26(34-20)16-7-18(8-16)40(3,37)38)10-23(14)35-15(2)6-24(25(28)27(35)36)39-13-22-19(30)9-17(29)12-33-22/h4-6,9-12,16,18H,7-8,13H2,1-3H3/t16-,18-. The lowest BCUT2D eigenvalue weighted by Crippen LogP contribution is -2.34. The molecule has 5 rings (SSSR count). The number of hydrogen-bond donors (Lipinski definition) is 0. The summed E-state index contributed by atoms with van der Waals surface area (Å²) in [5.41, 5.74) is 2.03. The Kier molecular flexibility index (Phi) is 7.40. The van der Waals surface area contributed by atoms with Crippen molar-refractivity contribution in [2.45, 2.75) is 44.5 Å². The van der Waals surface area contributed by atoms with E-state index in [0.29, 0.717) is 53.1 Å². The van der Waals surface area contributed by atoms with Gasteiger partial charge in [0.05, 0.1) is 28.5 Å². The molecule has 4 aromatic heterocycles. The average Bonchev–Trinajstić information content (AvgIpc) is 2.86. The molecular weight excluding hydrogens is 564 g/mol. The zero-order valence-electron chi connectivity index (χ0n) is 21.7. The number of aromatic nitrogens is 5. The number of sulfone groups is 1. The van der Waals surface area contributed by atoms with E-state index in [0.717, 1.165) is 6.20 Å². The van der Waals surface area contributed by atoms with Crippen molar-refractivity contribution in [2.24, 2.45) is 0 Å². The summed E-state index contributed by atoms with van der Waals surface area (Å²) in [5, 5.41) is -0.605. The zero-order chi connectivity index (χ0) is 28.8. The van der Waals surface area contributed by atoms with Gasteiger partial charge in [0.15, 0.2) is 5.82 Å². The first-order chi connectivity index (χ1) is 18.9. The second kappa shape index (κ2) is 10.7. The third kappa shape index (κ3) is 5.46. The predicted molar refractivity (Wildman–Crippen MR) is 144 cm³/mol. The van der Waals surface area contributed by atoms with Crippen molar-refractivity contribution >= 4 is 21.4 Å². The van der Waals surface area contributed by atoms with Gasteiger partial charge in [-0.25, -0.2) is 27.2 Å². The van der Waals surface area contributed by atoms with Gasteiger partial charge in [0.2, 0.25) is 0 Å². The van der Waals surface area contributed by atoms with Crippen LogP contribution in [0.1, 0.15) is 41.5 Å². The number of rotatable bonds is 7. The lowest BCUT2D eigenvalue weighted by molar-refractivity contribution is 0.292. The Hall–Kier alpha value is -3.77. The van der Waals surface area contributed by atoms with Gasteiger partial charge in [-0.2, -0.15) is 0 Å². The van der Waals surface area contributed by atoms with Gasteiger partial charge in [-0.15, -0.1) is 0 Å². The fraction of sp³-hybridized carbons (Fsp3) is 0.296. The number of nitrogens with zero attached hydrogens (tertiary/aromatic N) is 5. The molecular formula is C27H24ClF2N5O4S. The molecule has 1 aliphatic carbocycles. The lowest BCUT2D eigenvalue weighted by atomic mass is 9.84. The van der Waals surface area contributed by atoms with E-state index < -0.39 is 27.0 Å². The van der Waals surface area contributed by atoms with Gasteiger partial charge in [0.1, 0.15) is 44.6 Å². The number of pyridine rings is 3. The van der Waals surface area contributed by atoms with Gasteiger partial charge >= 0.3 is 0 Å². The van der Waals surface area contributed by atoms with Crippen molar-refractivity contribution in [3.8, 4) is 22.8 Å². The lowest BCUT2D eigenvalue weighted by Gasteiger charge is -2.32. The monoisotopic (exact) mass is 587 g/mol. The summed E-state index contributed by atoms with van der Waals surface area (Å²) in [6, 6.07) is 5.65. The van der Waals surface area contributed by atoms with Gasteiger partial charge in [0, 0.05) is 42.4 Å². The molecule has 13 heteroatoms. The van der Waals surface area contributed by atoms with Gasteiger partial charge in [0.25, 0.3) is 5.56 Å². The first-order valence-corrected chi connectivity index (χ1v) is 14.6. The summed E-state index contributed by atoms with van der Waals surface area (Å²) in [5.74, 6) is -1.16. The molecule has 0 aliphatic heterocycles. The van der Waals surface area contributed by atoms with Crippen LogP contribution in [0.25, 0.3) is 17.1 Å². The minimum Gasteiger partial charge on any atom is -0.485 e. The highest BCUT2D eigenvalue weighted by Crippen LogP contribution is 2.39. The van der Waals surface area contributed by atoms with E-state index in [-0.39, 0.29) is 34.2 Å². The van der Waals surface area contributed by atoms with Crippen LogP contribution in [0.5, 0.6) is 5.75 Å². The Morgan fingerprint density at radius 1 is 1.07 bits per heavy atom. The first kappa shape index (κ1) is 27.8. The highest BCUT2D eigenvalue weighted by Gasteiger charge is 2.38. The topological polar surface area (TPSA) is 117 Å². The van der Waals surface area contributed by atoms with Gasteiger partial charge in [-0.05, 0) is 44.4 Å². The number of aryl methyl sites for hydroxylation is 2. The second-order valence-corrected chi connectivity index (χ2v) is 12.5. The zero-order valence-corrected chi connectivity index (χ0v) is 23.3. The Morgan fingerprint density at radius 3 is 2.52 bits per heavy atom. The number of ether oxygens (including phenoxy) is 1. The summed E-state index contributed by atoms with van der Waals surface area (Å²) >= 11 is 6.37. The van der Waals surface area contributed by atoms with Gasteiger partial charge < -0.3 is 4.74 Å². The van der Waals surface area contributed by atoms with Crippen molar-refractivity contribution < 1.29 is 21.9 Å². The van der Waals surface area contributed by atoms with E-state index >= 15 is 0 Å². The molecule has 4 aromatic rings. The van der Waals surface area contributed by atoms with Crippen LogP contribution in [-0.2, 0) is 16.4 Å². The summed E-state index contributed by atoms with van der Waals surface area (Å²) in [6.45, 7) is 3.14. The van der Waals surface area contributed by atoms with Crippen LogP contribution in [-0.4, -0.2) is 44.4 Å². The average molecular weight is 588 g/mol. The SMILES string of the molecule is Cc1cnc(-c2ccnc([C@H]3C[C@H](S(C)(=O)=O)C3)n2)cc1-n1c(C)cc(OCc2ncc(F)cc2F)c(Cl)c1=O. The predicted octanol–water partition coefficient (Wildman–Crippen LogP) is 4.50. The van der Waals surface area contributed by atoms with Crippen LogP contribution in [0, 0.1) is 25.5 Å². The van der Waals surface area contributed by atoms with E-state index in [1.807, 2.05) is 0 Å². The highest BCUT2D eigenvalue weighted by atomic mass is 35.5. The Balaban J connectivity index is 1.44. The Labute approximate surface area is 233 Å². The van der Waals surface area contributed by atoms with Crippen molar-refractivity contribution in [1.82, 2.24) is 24.5 Å². The van der Waals surface area contributed by atoms with Crippen molar-refractivity contribution in [1.29, 1.82) is 0 Å². The van der Waals surface area contributed by atoms with Crippen LogP contribution in [0.3, 0.4) is 0 Å². The molecule has 1 saturated carbocycles. The van der Waals surface area contributed by atoms with Crippen LogP contribution < -0.4 is 10.3 Å². The van der Waals surface area contributed by atoms with Crippen LogP contribution >= 0.6 is 11.6 Å². The second-order valence-electron chi connectivity index (χ2n) is 9.75. The Bertz CT molecular complexity index is 1790. The molecule has 0 atom stereocenters. The van der Waals surface area contributed by atoms with Crippen molar-refractivity contribution in [3.05, 3.63) is 92.6 Å². The number of hydrogen-bond acceptors (Lipinski definition) is 8.